The number of nitrogens with two attached hydrogens (primary N) is 1. The summed E-state index contributed by atoms with van der Waals surface area (Å²) in [5, 5.41) is 0. The van der Waals surface area contributed by atoms with Crippen molar-refractivity contribution in [1.82, 2.24) is 9.55 Å². The van der Waals surface area contributed by atoms with Crippen molar-refractivity contribution in [2.45, 2.75) is 33.4 Å². The lowest BCUT2D eigenvalue weighted by Crippen LogP contribution is -2.09. The van der Waals surface area contributed by atoms with Gasteiger partial charge in [-0.3, -0.25) is 0 Å². The Morgan fingerprint density at radius 3 is 2.92 bits per heavy atom. The minimum absolute atomic E-state index is 0.533. The summed E-state index contributed by atoms with van der Waals surface area (Å²) in [6.45, 7) is 6.01. The number of imidazole rings is 1. The molecule has 1 aromatic rings. The van der Waals surface area contributed by atoms with E-state index in [4.69, 9.17) is 5.73 Å². The van der Waals surface area contributed by atoms with Gasteiger partial charge in [-0.25, -0.2) is 4.98 Å². The van der Waals surface area contributed by atoms with Crippen LogP contribution in [0.5, 0.6) is 0 Å². The zero-order valence-electron chi connectivity index (χ0n) is 7.83. The number of aryl methyl sites for hydroxylation is 1. The first kappa shape index (κ1) is 9.26. The van der Waals surface area contributed by atoms with Crippen LogP contribution in [0.1, 0.15) is 26.1 Å². The second-order valence-corrected chi connectivity index (χ2v) is 3.42. The summed E-state index contributed by atoms with van der Waals surface area (Å²) in [4.78, 5) is 4.15. The molecule has 0 aliphatic heterocycles. The van der Waals surface area contributed by atoms with Crippen LogP contribution in [0.3, 0.4) is 0 Å². The Morgan fingerprint density at radius 1 is 1.58 bits per heavy atom. The molecular weight excluding hydrogens is 150 g/mol. The minimum Gasteiger partial charge on any atom is -0.334 e. The van der Waals surface area contributed by atoms with Crippen molar-refractivity contribution in [3.8, 4) is 0 Å². The summed E-state index contributed by atoms with van der Waals surface area (Å²) in [6, 6.07) is 0. The van der Waals surface area contributed by atoms with Crippen molar-refractivity contribution < 1.29 is 0 Å². The normalized spacial score (nSPS) is 11.0. The van der Waals surface area contributed by atoms with Crippen LogP contribution in [0.25, 0.3) is 0 Å². The molecule has 3 heteroatoms. The highest BCUT2D eigenvalue weighted by molar-refractivity contribution is 4.90. The molecule has 3 nitrogen and oxygen atoms in total. The Hall–Kier alpha value is -0.830. The smallest absolute Gasteiger partial charge is 0.122 e. The monoisotopic (exact) mass is 167 g/mol. The second-order valence-electron chi connectivity index (χ2n) is 3.42. The quantitative estimate of drug-likeness (QED) is 0.736. The molecule has 0 spiro atoms. The van der Waals surface area contributed by atoms with Crippen molar-refractivity contribution in [2.24, 2.45) is 11.7 Å². The van der Waals surface area contributed by atoms with Crippen LogP contribution in [-0.4, -0.2) is 9.55 Å². The van der Waals surface area contributed by atoms with Gasteiger partial charge in [0.25, 0.3) is 0 Å². The van der Waals surface area contributed by atoms with Crippen LogP contribution in [0.2, 0.25) is 0 Å². The summed E-state index contributed by atoms with van der Waals surface area (Å²) in [7, 11) is 0. The number of rotatable bonds is 4. The van der Waals surface area contributed by atoms with E-state index in [1.165, 1.54) is 6.42 Å². The van der Waals surface area contributed by atoms with Crippen LogP contribution >= 0.6 is 0 Å². The van der Waals surface area contributed by atoms with Gasteiger partial charge in [0.1, 0.15) is 5.82 Å². The highest BCUT2D eigenvalue weighted by atomic mass is 15.1. The maximum Gasteiger partial charge on any atom is 0.122 e. The lowest BCUT2D eigenvalue weighted by Gasteiger charge is -2.07. The molecular formula is C9H17N3. The van der Waals surface area contributed by atoms with E-state index in [1.54, 1.807) is 0 Å². The van der Waals surface area contributed by atoms with Gasteiger partial charge in [-0.1, -0.05) is 13.8 Å². The number of aromatic nitrogens is 2. The summed E-state index contributed by atoms with van der Waals surface area (Å²) in [5.74, 6) is 1.72. The average molecular weight is 167 g/mol. The van der Waals surface area contributed by atoms with Gasteiger partial charge in [-0.15, -0.1) is 0 Å². The van der Waals surface area contributed by atoms with E-state index < -0.39 is 0 Å². The van der Waals surface area contributed by atoms with Gasteiger partial charge in [0.2, 0.25) is 0 Å². The highest BCUT2D eigenvalue weighted by Crippen LogP contribution is 2.04. The van der Waals surface area contributed by atoms with E-state index >= 15 is 0 Å². The molecule has 0 saturated carbocycles. The highest BCUT2D eigenvalue weighted by Gasteiger charge is 2.00. The molecule has 0 fully saturated rings. The van der Waals surface area contributed by atoms with E-state index in [9.17, 15) is 0 Å². The predicted molar refractivity (Wildman–Crippen MR) is 49.6 cm³/mol. The minimum atomic E-state index is 0.533. The molecule has 0 unspecified atom stereocenters. The number of hydrogen-bond acceptors (Lipinski definition) is 2. The van der Waals surface area contributed by atoms with Crippen molar-refractivity contribution in [3.05, 3.63) is 18.2 Å². The molecule has 0 saturated heterocycles. The first-order chi connectivity index (χ1) is 5.74. The Bertz CT molecular complexity index is 227. The molecule has 0 bridgehead atoms. The van der Waals surface area contributed by atoms with Gasteiger partial charge < -0.3 is 10.3 Å². The fourth-order valence-corrected chi connectivity index (χ4v) is 1.13. The fraction of sp³-hybridized carbons (Fsp3) is 0.667. The molecule has 1 heterocycles. The zero-order valence-corrected chi connectivity index (χ0v) is 7.83. The average Bonchev–Trinajstić information content (AvgIpc) is 2.47. The van der Waals surface area contributed by atoms with Crippen LogP contribution < -0.4 is 5.73 Å². The molecule has 1 rings (SSSR count). The first-order valence-corrected chi connectivity index (χ1v) is 4.44. The fourth-order valence-electron chi connectivity index (χ4n) is 1.13. The Labute approximate surface area is 73.6 Å². The van der Waals surface area contributed by atoms with E-state index in [0.717, 1.165) is 18.3 Å². The lowest BCUT2D eigenvalue weighted by molar-refractivity contribution is 0.505. The standard InChI is InChI=1S/C9H17N3/c1-8(2)3-5-12-6-4-11-9(12)7-10/h4,6,8H,3,5,7,10H2,1-2H3. The third-order valence-electron chi connectivity index (χ3n) is 1.93. The Balaban J connectivity index is 2.50. The molecule has 12 heavy (non-hydrogen) atoms. The molecule has 1 aromatic heterocycles. The summed E-state index contributed by atoms with van der Waals surface area (Å²) in [6.07, 6.45) is 4.98. The van der Waals surface area contributed by atoms with Crippen molar-refractivity contribution in [3.63, 3.8) is 0 Å². The zero-order chi connectivity index (χ0) is 8.97. The SMILES string of the molecule is CC(C)CCn1ccnc1CN. The van der Waals surface area contributed by atoms with E-state index in [2.05, 4.69) is 23.4 Å². The Kier molecular flexibility index (Phi) is 3.29. The third kappa shape index (κ3) is 2.34. The van der Waals surface area contributed by atoms with Crippen molar-refractivity contribution in [2.75, 3.05) is 0 Å². The van der Waals surface area contributed by atoms with Crippen LogP contribution in [-0.2, 0) is 13.1 Å². The Morgan fingerprint density at radius 2 is 2.33 bits per heavy atom. The number of nitrogens with zero attached hydrogens (tertiary/aromatic N) is 2. The largest absolute Gasteiger partial charge is 0.334 e. The van der Waals surface area contributed by atoms with E-state index in [1.807, 2.05) is 12.4 Å². The van der Waals surface area contributed by atoms with Gasteiger partial charge in [-0.2, -0.15) is 0 Å². The molecule has 0 amide bonds. The second kappa shape index (κ2) is 4.26. The van der Waals surface area contributed by atoms with Gasteiger partial charge in [0, 0.05) is 18.9 Å². The molecule has 2 N–H and O–H groups in total. The summed E-state index contributed by atoms with van der Waals surface area (Å²) < 4.78 is 2.12. The molecule has 0 radical (unpaired) electrons. The maximum atomic E-state index is 5.52. The molecule has 0 aliphatic rings. The van der Waals surface area contributed by atoms with Gasteiger partial charge in [0.15, 0.2) is 0 Å². The van der Waals surface area contributed by atoms with E-state index in [0.29, 0.717) is 6.54 Å². The van der Waals surface area contributed by atoms with Gasteiger partial charge in [0.05, 0.1) is 6.54 Å². The molecule has 0 aromatic carbocycles. The van der Waals surface area contributed by atoms with Crippen LogP contribution in [0.4, 0.5) is 0 Å². The molecule has 0 aliphatic carbocycles. The first-order valence-electron chi connectivity index (χ1n) is 4.44. The maximum absolute atomic E-state index is 5.52. The van der Waals surface area contributed by atoms with Gasteiger partial charge in [-0.05, 0) is 12.3 Å². The van der Waals surface area contributed by atoms with Crippen LogP contribution in [0, 0.1) is 5.92 Å². The molecule has 0 atom stereocenters. The predicted octanol–water partition coefficient (Wildman–Crippen LogP) is 1.39. The van der Waals surface area contributed by atoms with E-state index in [-0.39, 0.29) is 0 Å². The van der Waals surface area contributed by atoms with Gasteiger partial charge >= 0.3 is 0 Å². The number of hydrogen-bond donors (Lipinski definition) is 1. The van der Waals surface area contributed by atoms with Crippen molar-refractivity contribution in [1.29, 1.82) is 0 Å². The van der Waals surface area contributed by atoms with Crippen molar-refractivity contribution >= 4 is 0 Å². The third-order valence-corrected chi connectivity index (χ3v) is 1.93. The summed E-state index contributed by atoms with van der Waals surface area (Å²) >= 11 is 0. The lowest BCUT2D eigenvalue weighted by atomic mass is 10.1. The topological polar surface area (TPSA) is 43.8 Å². The van der Waals surface area contributed by atoms with Crippen LogP contribution in [0.15, 0.2) is 12.4 Å². The summed E-state index contributed by atoms with van der Waals surface area (Å²) in [5.41, 5.74) is 5.52. The molecule has 68 valence electrons.